The zero-order valence-electron chi connectivity index (χ0n) is 12.2. The van der Waals surface area contributed by atoms with Crippen molar-refractivity contribution in [3.63, 3.8) is 0 Å². The summed E-state index contributed by atoms with van der Waals surface area (Å²) < 4.78 is 0. The normalized spacial score (nSPS) is 16.4. The minimum absolute atomic E-state index is 0.0197. The van der Waals surface area contributed by atoms with Gasteiger partial charge in [-0.1, -0.05) is 30.3 Å². The fraction of sp³-hybridized carbons (Fsp3) is 0.235. The molecule has 0 aromatic heterocycles. The molecule has 2 aromatic rings. The number of amides is 1. The van der Waals surface area contributed by atoms with Gasteiger partial charge >= 0.3 is 0 Å². The van der Waals surface area contributed by atoms with Crippen LogP contribution < -0.4 is 4.90 Å². The lowest BCUT2D eigenvalue weighted by Gasteiger charge is -2.22. The SMILES string of the molecule is CC1Cc2ccccc2N1C(=O)Cc1ccc([N+](=O)[O-])cc1. The molecular formula is C17H16N2O3. The molecule has 22 heavy (non-hydrogen) atoms. The monoisotopic (exact) mass is 296 g/mol. The summed E-state index contributed by atoms with van der Waals surface area (Å²) in [5, 5.41) is 10.7. The predicted octanol–water partition coefficient (Wildman–Crippen LogP) is 3.12. The zero-order chi connectivity index (χ0) is 15.7. The Hall–Kier alpha value is -2.69. The smallest absolute Gasteiger partial charge is 0.269 e. The number of carbonyl (C=O) groups is 1. The number of carbonyl (C=O) groups excluding carboxylic acids is 1. The maximum atomic E-state index is 12.6. The van der Waals surface area contributed by atoms with Crippen molar-refractivity contribution < 1.29 is 9.72 Å². The van der Waals surface area contributed by atoms with E-state index in [1.807, 2.05) is 36.1 Å². The van der Waals surface area contributed by atoms with Crippen molar-refractivity contribution in [2.75, 3.05) is 4.90 Å². The molecule has 2 aromatic carbocycles. The second-order valence-corrected chi connectivity index (χ2v) is 5.55. The Kier molecular flexibility index (Phi) is 3.63. The summed E-state index contributed by atoms with van der Waals surface area (Å²) in [6, 6.07) is 14.2. The first-order valence-corrected chi connectivity index (χ1v) is 7.19. The van der Waals surface area contributed by atoms with Gasteiger partial charge in [0.1, 0.15) is 0 Å². The van der Waals surface area contributed by atoms with Crippen LogP contribution >= 0.6 is 0 Å². The number of nitro benzene ring substituents is 1. The second-order valence-electron chi connectivity index (χ2n) is 5.55. The van der Waals surface area contributed by atoms with Crippen LogP contribution in [0.25, 0.3) is 0 Å². The maximum absolute atomic E-state index is 12.6. The highest BCUT2D eigenvalue weighted by Crippen LogP contribution is 2.32. The molecule has 1 aliphatic heterocycles. The fourth-order valence-electron chi connectivity index (χ4n) is 2.94. The molecule has 0 saturated heterocycles. The van der Waals surface area contributed by atoms with E-state index < -0.39 is 4.92 Å². The number of benzene rings is 2. The Balaban J connectivity index is 1.78. The quantitative estimate of drug-likeness (QED) is 0.645. The van der Waals surface area contributed by atoms with E-state index in [1.54, 1.807) is 12.1 Å². The average Bonchev–Trinajstić information content (AvgIpc) is 2.83. The molecule has 1 amide bonds. The second kappa shape index (κ2) is 5.60. The first kappa shape index (κ1) is 14.3. The lowest BCUT2D eigenvalue weighted by Crippen LogP contribution is -2.36. The molecule has 112 valence electrons. The molecule has 1 atom stereocenters. The first-order valence-electron chi connectivity index (χ1n) is 7.19. The Morgan fingerprint density at radius 1 is 1.23 bits per heavy atom. The van der Waals surface area contributed by atoms with Gasteiger partial charge in [0.25, 0.3) is 5.69 Å². The standard InChI is InChI=1S/C17H16N2O3/c1-12-10-14-4-2-3-5-16(14)18(12)17(20)11-13-6-8-15(9-7-13)19(21)22/h2-9,12H,10-11H2,1H3. The summed E-state index contributed by atoms with van der Waals surface area (Å²) in [6.07, 6.45) is 1.11. The Bertz CT molecular complexity index is 725. The highest BCUT2D eigenvalue weighted by atomic mass is 16.6. The zero-order valence-corrected chi connectivity index (χ0v) is 12.2. The molecule has 1 aliphatic rings. The van der Waals surface area contributed by atoms with Crippen molar-refractivity contribution in [1.29, 1.82) is 0 Å². The maximum Gasteiger partial charge on any atom is 0.269 e. The number of fused-ring (bicyclic) bond motifs is 1. The Morgan fingerprint density at radius 3 is 2.59 bits per heavy atom. The van der Waals surface area contributed by atoms with Crippen molar-refractivity contribution >= 4 is 17.3 Å². The van der Waals surface area contributed by atoms with Crippen LogP contribution in [0.4, 0.5) is 11.4 Å². The van der Waals surface area contributed by atoms with E-state index in [0.29, 0.717) is 0 Å². The van der Waals surface area contributed by atoms with E-state index >= 15 is 0 Å². The molecule has 3 rings (SSSR count). The van der Waals surface area contributed by atoms with Crippen molar-refractivity contribution in [1.82, 2.24) is 0 Å². The third-order valence-corrected chi connectivity index (χ3v) is 3.98. The summed E-state index contributed by atoms with van der Waals surface area (Å²) >= 11 is 0. The number of anilines is 1. The van der Waals surface area contributed by atoms with Crippen molar-refractivity contribution in [3.8, 4) is 0 Å². The first-order chi connectivity index (χ1) is 10.6. The lowest BCUT2D eigenvalue weighted by atomic mass is 10.1. The topological polar surface area (TPSA) is 63.5 Å². The highest BCUT2D eigenvalue weighted by Gasteiger charge is 2.30. The summed E-state index contributed by atoms with van der Waals surface area (Å²) in [5.74, 6) is 0.0197. The lowest BCUT2D eigenvalue weighted by molar-refractivity contribution is -0.384. The van der Waals surface area contributed by atoms with Crippen LogP contribution in [0.5, 0.6) is 0 Å². The van der Waals surface area contributed by atoms with Gasteiger partial charge in [0.05, 0.1) is 11.3 Å². The van der Waals surface area contributed by atoms with Crippen LogP contribution in [-0.2, 0) is 17.6 Å². The molecule has 0 saturated carbocycles. The molecule has 0 radical (unpaired) electrons. The third kappa shape index (κ3) is 2.57. The van der Waals surface area contributed by atoms with Gasteiger partial charge in [0.15, 0.2) is 0 Å². The van der Waals surface area contributed by atoms with Crippen LogP contribution in [0, 0.1) is 10.1 Å². The summed E-state index contributed by atoms with van der Waals surface area (Å²) in [5.41, 5.74) is 2.98. The molecule has 5 heteroatoms. The van der Waals surface area contributed by atoms with Gasteiger partial charge in [0, 0.05) is 23.9 Å². The largest absolute Gasteiger partial charge is 0.309 e. The minimum atomic E-state index is -0.440. The summed E-state index contributed by atoms with van der Waals surface area (Å²) in [6.45, 7) is 2.04. The summed E-state index contributed by atoms with van der Waals surface area (Å²) in [4.78, 5) is 24.6. The number of non-ortho nitro benzene ring substituents is 1. The Labute approximate surface area is 128 Å². The fourth-order valence-corrected chi connectivity index (χ4v) is 2.94. The number of hydrogen-bond donors (Lipinski definition) is 0. The van der Waals surface area contributed by atoms with Gasteiger partial charge in [-0.2, -0.15) is 0 Å². The van der Waals surface area contributed by atoms with E-state index in [4.69, 9.17) is 0 Å². The van der Waals surface area contributed by atoms with Crippen LogP contribution in [0.2, 0.25) is 0 Å². The van der Waals surface area contributed by atoms with Crippen LogP contribution in [0.3, 0.4) is 0 Å². The molecule has 0 N–H and O–H groups in total. The molecular weight excluding hydrogens is 280 g/mol. The Morgan fingerprint density at radius 2 is 1.91 bits per heavy atom. The van der Waals surface area contributed by atoms with Crippen LogP contribution in [0.15, 0.2) is 48.5 Å². The van der Waals surface area contributed by atoms with E-state index in [0.717, 1.165) is 17.7 Å². The van der Waals surface area contributed by atoms with Gasteiger partial charge < -0.3 is 4.90 Å². The molecule has 1 heterocycles. The van der Waals surface area contributed by atoms with Gasteiger partial charge in [-0.15, -0.1) is 0 Å². The average molecular weight is 296 g/mol. The number of hydrogen-bond acceptors (Lipinski definition) is 3. The summed E-state index contributed by atoms with van der Waals surface area (Å²) in [7, 11) is 0. The van der Waals surface area contributed by atoms with Crippen LogP contribution in [-0.4, -0.2) is 16.9 Å². The number of nitrogens with zero attached hydrogens (tertiary/aromatic N) is 2. The molecule has 0 aliphatic carbocycles. The van der Waals surface area contributed by atoms with E-state index in [1.165, 1.54) is 17.7 Å². The van der Waals surface area contributed by atoms with E-state index in [2.05, 4.69) is 0 Å². The van der Waals surface area contributed by atoms with Crippen molar-refractivity contribution in [2.24, 2.45) is 0 Å². The van der Waals surface area contributed by atoms with Gasteiger partial charge in [0.2, 0.25) is 5.91 Å². The number of para-hydroxylation sites is 1. The van der Waals surface area contributed by atoms with Gasteiger partial charge in [-0.25, -0.2) is 0 Å². The third-order valence-electron chi connectivity index (χ3n) is 3.98. The highest BCUT2D eigenvalue weighted by molar-refractivity contribution is 5.97. The molecule has 1 unspecified atom stereocenters. The molecule has 0 bridgehead atoms. The van der Waals surface area contributed by atoms with Gasteiger partial charge in [-0.3, -0.25) is 14.9 Å². The molecule has 0 spiro atoms. The molecule has 5 nitrogen and oxygen atoms in total. The predicted molar refractivity (Wildman–Crippen MR) is 83.9 cm³/mol. The van der Waals surface area contributed by atoms with Crippen molar-refractivity contribution in [2.45, 2.75) is 25.8 Å². The number of rotatable bonds is 3. The minimum Gasteiger partial charge on any atom is -0.309 e. The van der Waals surface area contributed by atoms with E-state index in [9.17, 15) is 14.9 Å². The van der Waals surface area contributed by atoms with Crippen LogP contribution in [0.1, 0.15) is 18.1 Å². The molecule has 0 fully saturated rings. The van der Waals surface area contributed by atoms with Gasteiger partial charge in [-0.05, 0) is 30.5 Å². The number of nitro groups is 1. The van der Waals surface area contributed by atoms with E-state index in [-0.39, 0.29) is 24.1 Å². The van der Waals surface area contributed by atoms with Crippen molar-refractivity contribution in [3.05, 3.63) is 69.8 Å².